The van der Waals surface area contributed by atoms with Crippen LogP contribution in [0.3, 0.4) is 0 Å². The number of hydrogen-bond donors (Lipinski definition) is 2. The minimum atomic E-state index is -3.86. The molecule has 0 heterocycles. The van der Waals surface area contributed by atoms with Crippen LogP contribution in [0.4, 0.5) is 15.8 Å². The molecule has 9 nitrogen and oxygen atoms in total. The second-order valence-corrected chi connectivity index (χ2v) is 8.53. The highest BCUT2D eigenvalue weighted by Gasteiger charge is 2.34. The van der Waals surface area contributed by atoms with Gasteiger partial charge in [0.15, 0.2) is 0 Å². The minimum absolute atomic E-state index is 0.0223. The molecule has 0 spiro atoms. The number of halogens is 1. The van der Waals surface area contributed by atoms with Gasteiger partial charge in [0.25, 0.3) is 5.69 Å². The van der Waals surface area contributed by atoms with Gasteiger partial charge in [-0.25, -0.2) is 17.5 Å². The number of nitro groups is 1. The highest BCUT2D eigenvalue weighted by molar-refractivity contribution is 7.89. The van der Waals surface area contributed by atoms with Gasteiger partial charge in [0.05, 0.1) is 9.82 Å². The van der Waals surface area contributed by atoms with Gasteiger partial charge in [-0.2, -0.15) is 0 Å². The lowest BCUT2D eigenvalue weighted by Gasteiger charge is -2.25. The largest absolute Gasteiger partial charge is 0.366 e. The molecule has 1 aliphatic carbocycles. The van der Waals surface area contributed by atoms with Gasteiger partial charge < -0.3 is 10.6 Å². The number of sulfonamides is 1. The van der Waals surface area contributed by atoms with Crippen molar-refractivity contribution in [1.82, 2.24) is 4.72 Å². The monoisotopic (exact) mass is 422 g/mol. The number of nitrogens with one attached hydrogen (secondary N) is 1. The van der Waals surface area contributed by atoms with E-state index < -0.39 is 26.7 Å². The summed E-state index contributed by atoms with van der Waals surface area (Å²) in [7, 11) is -2.64. The number of nitrogens with zero attached hydrogens (tertiary/aromatic N) is 2. The van der Waals surface area contributed by atoms with E-state index in [1.165, 1.54) is 31.3 Å². The van der Waals surface area contributed by atoms with Crippen molar-refractivity contribution in [2.45, 2.75) is 30.3 Å². The summed E-state index contributed by atoms with van der Waals surface area (Å²) in [5, 5.41) is 11.6. The molecule has 0 bridgehead atoms. The standard InChI is InChI=1S/C18H19FN4O5S/c1-21-29(27,28)14-6-7-16(17(9-14)23(25)26)22(13-4-5-13)10-12-3-2-11(18(20)24)8-15(12)19/h2-3,6-9,13,21H,4-5,10H2,1H3,(H2,20,24). The third-order valence-electron chi connectivity index (χ3n) is 4.70. The highest BCUT2D eigenvalue weighted by Crippen LogP contribution is 2.39. The Morgan fingerprint density at radius 1 is 1.31 bits per heavy atom. The summed E-state index contributed by atoms with van der Waals surface area (Å²) in [5.41, 5.74) is 5.23. The first-order chi connectivity index (χ1) is 13.6. The Morgan fingerprint density at radius 3 is 2.52 bits per heavy atom. The van der Waals surface area contributed by atoms with Gasteiger partial charge in [-0.05, 0) is 44.2 Å². The third-order valence-corrected chi connectivity index (χ3v) is 6.11. The summed E-state index contributed by atoms with van der Waals surface area (Å²) in [4.78, 5) is 23.6. The number of amides is 1. The molecule has 1 fully saturated rings. The SMILES string of the molecule is CNS(=O)(=O)c1ccc(N(Cc2ccc(C(N)=O)cc2F)C2CC2)c([N+](=O)[O-])c1. The summed E-state index contributed by atoms with van der Waals surface area (Å²) in [5.74, 6) is -1.41. The number of rotatable bonds is 8. The Labute approximate surface area is 166 Å². The summed E-state index contributed by atoms with van der Waals surface area (Å²) >= 11 is 0. The fourth-order valence-electron chi connectivity index (χ4n) is 2.99. The summed E-state index contributed by atoms with van der Waals surface area (Å²) < 4.78 is 40.5. The van der Waals surface area contributed by atoms with E-state index in [-0.39, 0.29) is 40.0 Å². The lowest BCUT2D eigenvalue weighted by Crippen LogP contribution is -2.27. The molecule has 0 saturated heterocycles. The molecule has 1 saturated carbocycles. The molecule has 0 aromatic heterocycles. The van der Waals surface area contributed by atoms with Crippen LogP contribution in [0, 0.1) is 15.9 Å². The van der Waals surface area contributed by atoms with Crippen LogP contribution < -0.4 is 15.4 Å². The van der Waals surface area contributed by atoms with Crippen LogP contribution in [0.2, 0.25) is 0 Å². The van der Waals surface area contributed by atoms with E-state index in [0.717, 1.165) is 25.0 Å². The first kappa shape index (κ1) is 20.7. The lowest BCUT2D eigenvalue weighted by atomic mass is 10.1. The quantitative estimate of drug-likeness (QED) is 0.493. The maximum Gasteiger partial charge on any atom is 0.293 e. The minimum Gasteiger partial charge on any atom is -0.366 e. The molecule has 29 heavy (non-hydrogen) atoms. The fourth-order valence-corrected chi connectivity index (χ4v) is 3.74. The topological polar surface area (TPSA) is 136 Å². The highest BCUT2D eigenvalue weighted by atomic mass is 32.2. The Morgan fingerprint density at radius 2 is 2.00 bits per heavy atom. The van der Waals surface area contributed by atoms with Crippen LogP contribution in [0.15, 0.2) is 41.3 Å². The average molecular weight is 422 g/mol. The predicted octanol–water partition coefficient (Wildman–Crippen LogP) is 1.91. The number of nitro benzene ring substituents is 1. The number of anilines is 1. The van der Waals surface area contributed by atoms with E-state index in [2.05, 4.69) is 4.72 Å². The molecule has 154 valence electrons. The maximum absolute atomic E-state index is 14.4. The second kappa shape index (κ2) is 7.76. The molecule has 0 unspecified atom stereocenters. The predicted molar refractivity (Wildman–Crippen MR) is 103 cm³/mol. The molecular formula is C18H19FN4O5S. The van der Waals surface area contributed by atoms with Gasteiger partial charge >= 0.3 is 0 Å². The van der Waals surface area contributed by atoms with Crippen LogP contribution in [-0.4, -0.2) is 32.3 Å². The van der Waals surface area contributed by atoms with Crippen molar-refractivity contribution in [2.75, 3.05) is 11.9 Å². The van der Waals surface area contributed by atoms with E-state index >= 15 is 0 Å². The zero-order valence-corrected chi connectivity index (χ0v) is 16.3. The number of benzene rings is 2. The van der Waals surface area contributed by atoms with Crippen LogP contribution in [0.25, 0.3) is 0 Å². The number of carbonyl (C=O) groups excluding carboxylic acids is 1. The van der Waals surface area contributed by atoms with Crippen molar-refractivity contribution in [1.29, 1.82) is 0 Å². The van der Waals surface area contributed by atoms with Crippen molar-refractivity contribution in [3.05, 3.63) is 63.5 Å². The zero-order valence-electron chi connectivity index (χ0n) is 15.5. The molecule has 1 amide bonds. The third kappa shape index (κ3) is 4.35. The lowest BCUT2D eigenvalue weighted by molar-refractivity contribution is -0.384. The summed E-state index contributed by atoms with van der Waals surface area (Å²) in [6.45, 7) is 0.0223. The average Bonchev–Trinajstić information content (AvgIpc) is 3.51. The van der Waals surface area contributed by atoms with Crippen LogP contribution in [0.5, 0.6) is 0 Å². The van der Waals surface area contributed by atoms with E-state index in [4.69, 9.17) is 5.73 Å². The van der Waals surface area contributed by atoms with Crippen LogP contribution in [-0.2, 0) is 16.6 Å². The number of nitrogens with two attached hydrogens (primary N) is 1. The molecule has 0 radical (unpaired) electrons. The van der Waals surface area contributed by atoms with Gasteiger partial charge in [-0.3, -0.25) is 14.9 Å². The smallest absolute Gasteiger partial charge is 0.293 e. The van der Waals surface area contributed by atoms with Crippen molar-refractivity contribution in [2.24, 2.45) is 5.73 Å². The van der Waals surface area contributed by atoms with Gasteiger partial charge in [0.2, 0.25) is 15.9 Å². The summed E-state index contributed by atoms with van der Waals surface area (Å²) in [6.07, 6.45) is 1.55. The first-order valence-electron chi connectivity index (χ1n) is 8.71. The first-order valence-corrected chi connectivity index (χ1v) is 10.2. The van der Waals surface area contributed by atoms with Crippen LogP contribution in [0.1, 0.15) is 28.8 Å². The van der Waals surface area contributed by atoms with Crippen molar-refractivity contribution < 1.29 is 22.5 Å². The maximum atomic E-state index is 14.4. The Kier molecular flexibility index (Phi) is 5.53. The van der Waals surface area contributed by atoms with E-state index in [1.54, 1.807) is 4.90 Å². The molecule has 3 rings (SSSR count). The molecule has 0 atom stereocenters. The van der Waals surface area contributed by atoms with Gasteiger partial charge in [-0.1, -0.05) is 6.07 Å². The second-order valence-electron chi connectivity index (χ2n) is 6.64. The Bertz CT molecular complexity index is 1090. The Hall–Kier alpha value is -3.05. The molecule has 1 aliphatic rings. The molecular weight excluding hydrogens is 403 g/mol. The van der Waals surface area contributed by atoms with Gasteiger partial charge in [-0.15, -0.1) is 0 Å². The normalized spacial score (nSPS) is 13.9. The molecule has 3 N–H and O–H groups in total. The Balaban J connectivity index is 2.02. The van der Waals surface area contributed by atoms with Gasteiger partial charge in [0, 0.05) is 29.8 Å². The fraction of sp³-hybridized carbons (Fsp3) is 0.278. The van der Waals surface area contributed by atoms with Crippen molar-refractivity contribution >= 4 is 27.3 Å². The number of carbonyl (C=O) groups is 1. The molecule has 2 aromatic carbocycles. The molecule has 2 aromatic rings. The number of hydrogen-bond acceptors (Lipinski definition) is 6. The number of primary amides is 1. The molecule has 0 aliphatic heterocycles. The zero-order chi connectivity index (χ0) is 21.3. The van der Waals surface area contributed by atoms with E-state index in [0.29, 0.717) is 0 Å². The van der Waals surface area contributed by atoms with Crippen LogP contribution >= 0.6 is 0 Å². The van der Waals surface area contributed by atoms with Crippen molar-refractivity contribution in [3.63, 3.8) is 0 Å². The molecule has 11 heteroatoms. The van der Waals surface area contributed by atoms with Gasteiger partial charge in [0.1, 0.15) is 11.5 Å². The summed E-state index contributed by atoms with van der Waals surface area (Å²) in [6, 6.07) is 7.42. The van der Waals surface area contributed by atoms with Crippen molar-refractivity contribution in [3.8, 4) is 0 Å². The van der Waals surface area contributed by atoms with E-state index in [1.807, 2.05) is 0 Å². The van der Waals surface area contributed by atoms with E-state index in [9.17, 15) is 27.7 Å².